The number of carbonyl (C=O) groups excluding carboxylic acids is 2. The van der Waals surface area contributed by atoms with Gasteiger partial charge >= 0.3 is 0 Å². The predicted octanol–water partition coefficient (Wildman–Crippen LogP) is 3.34. The van der Waals surface area contributed by atoms with E-state index in [2.05, 4.69) is 10.6 Å². The summed E-state index contributed by atoms with van der Waals surface area (Å²) in [6, 6.07) is 14.3. The van der Waals surface area contributed by atoms with E-state index in [1.54, 1.807) is 36.4 Å². The van der Waals surface area contributed by atoms with Crippen molar-refractivity contribution in [1.29, 1.82) is 0 Å². The van der Waals surface area contributed by atoms with Gasteiger partial charge in [-0.3, -0.25) is 19.0 Å². The van der Waals surface area contributed by atoms with Gasteiger partial charge in [-0.1, -0.05) is 17.7 Å². The quantitative estimate of drug-likeness (QED) is 0.417. The van der Waals surface area contributed by atoms with Crippen molar-refractivity contribution < 1.29 is 22.4 Å². The van der Waals surface area contributed by atoms with E-state index < -0.39 is 45.7 Å². The van der Waals surface area contributed by atoms with Gasteiger partial charge in [0, 0.05) is 56.2 Å². The van der Waals surface area contributed by atoms with Gasteiger partial charge < -0.3 is 10.6 Å². The smallest absolute Gasteiger partial charge is 0.281 e. The molecule has 1 aliphatic carbocycles. The molecule has 1 heterocycles. The Morgan fingerprint density at radius 3 is 2.15 bits per heavy atom. The Labute approximate surface area is 236 Å². The maximum Gasteiger partial charge on any atom is 0.281 e. The molecule has 1 aliphatic rings. The minimum atomic E-state index is -3.82. The molecule has 2 N–H and O–H groups in total. The fourth-order valence-electron chi connectivity index (χ4n) is 4.72. The Hall–Kier alpha value is -3.58. The number of carbonyl (C=O) groups is 2. The number of nitrogens with zero attached hydrogens (tertiary/aromatic N) is 3. The average molecular weight is 590 g/mol. The lowest BCUT2D eigenvalue weighted by atomic mass is 9.94. The van der Waals surface area contributed by atoms with Crippen LogP contribution >= 0.6 is 11.6 Å². The summed E-state index contributed by atoms with van der Waals surface area (Å²) in [5.74, 6) is -3.72. The molecular formula is C27H29ClFN5O5S. The lowest BCUT2D eigenvalue weighted by Gasteiger charge is -2.26. The molecule has 0 saturated heterocycles. The monoisotopic (exact) mass is 589 g/mol. The lowest BCUT2D eigenvalue weighted by molar-refractivity contribution is -0.128. The Morgan fingerprint density at radius 1 is 0.950 bits per heavy atom. The molecule has 1 unspecified atom stereocenters. The normalized spacial score (nSPS) is 19.1. The van der Waals surface area contributed by atoms with Crippen LogP contribution in [0.25, 0.3) is 5.69 Å². The van der Waals surface area contributed by atoms with Crippen LogP contribution in [-0.4, -0.2) is 60.6 Å². The first-order chi connectivity index (χ1) is 18.9. The summed E-state index contributed by atoms with van der Waals surface area (Å²) in [5.41, 5.74) is 0.260. The number of hydrogen-bond donors (Lipinski definition) is 2. The van der Waals surface area contributed by atoms with Gasteiger partial charge in [-0.25, -0.2) is 4.39 Å². The number of hydrogen-bond acceptors (Lipinski definition) is 5. The van der Waals surface area contributed by atoms with Gasteiger partial charge in [-0.05, 0) is 55.3 Å². The zero-order valence-electron chi connectivity index (χ0n) is 22.0. The van der Waals surface area contributed by atoms with Crippen molar-refractivity contribution in [2.45, 2.75) is 18.9 Å². The Morgan fingerprint density at radius 2 is 1.57 bits per heavy atom. The van der Waals surface area contributed by atoms with Gasteiger partial charge in [0.1, 0.15) is 5.82 Å². The first-order valence-corrected chi connectivity index (χ1v) is 14.2. The molecule has 1 fully saturated rings. The van der Waals surface area contributed by atoms with Crippen LogP contribution in [0.3, 0.4) is 0 Å². The standard InChI is InChI=1S/C27H29ClFN5O5S/c1-32(2)40(38,39)33(3)20-14-21(26(36)30-18-9-7-17(28)8-10-18)22(15-20)27(37)31-24-12-11-19(16-23(24)29)34-13-5-4-6-25(34)35/h4-13,16,20-22H,14-15H2,1-3H3,(H,30,36)(H,31,37)/t20?,21-,22-/m0/s1. The van der Waals surface area contributed by atoms with Gasteiger partial charge in [0.25, 0.3) is 15.8 Å². The number of nitrogens with one attached hydrogen (secondary N) is 2. The molecule has 3 aromatic rings. The van der Waals surface area contributed by atoms with E-state index in [-0.39, 0.29) is 29.8 Å². The highest BCUT2D eigenvalue weighted by Crippen LogP contribution is 2.38. The van der Waals surface area contributed by atoms with Crippen LogP contribution in [0.4, 0.5) is 15.8 Å². The minimum absolute atomic E-state index is 0.0488. The summed E-state index contributed by atoms with van der Waals surface area (Å²) in [7, 11) is 0.368. The Bertz CT molecular complexity index is 1580. The predicted molar refractivity (Wildman–Crippen MR) is 151 cm³/mol. The summed E-state index contributed by atoms with van der Waals surface area (Å²) in [4.78, 5) is 38.8. The van der Waals surface area contributed by atoms with Crippen molar-refractivity contribution >= 4 is 45.0 Å². The summed E-state index contributed by atoms with van der Waals surface area (Å²) >= 11 is 5.92. The summed E-state index contributed by atoms with van der Waals surface area (Å²) in [5, 5.41) is 5.79. The van der Waals surface area contributed by atoms with Gasteiger partial charge in [-0.2, -0.15) is 17.0 Å². The average Bonchev–Trinajstić information content (AvgIpc) is 3.37. The van der Waals surface area contributed by atoms with Gasteiger partial charge in [0.2, 0.25) is 11.8 Å². The highest BCUT2D eigenvalue weighted by molar-refractivity contribution is 7.86. The van der Waals surface area contributed by atoms with Gasteiger partial charge in [-0.15, -0.1) is 0 Å². The number of pyridine rings is 1. The molecule has 1 aromatic heterocycles. The van der Waals surface area contributed by atoms with E-state index in [0.29, 0.717) is 10.7 Å². The van der Waals surface area contributed by atoms with Crippen molar-refractivity contribution in [2.24, 2.45) is 11.8 Å². The molecule has 3 atom stereocenters. The molecular weight excluding hydrogens is 561 g/mol. The molecule has 2 aromatic carbocycles. The van der Waals surface area contributed by atoms with E-state index in [4.69, 9.17) is 11.6 Å². The van der Waals surface area contributed by atoms with E-state index in [1.165, 1.54) is 50.1 Å². The van der Waals surface area contributed by atoms with Crippen LogP contribution in [0.5, 0.6) is 0 Å². The second kappa shape index (κ2) is 11.9. The molecule has 212 valence electrons. The third-order valence-corrected chi connectivity index (χ3v) is 9.17. The number of aromatic nitrogens is 1. The van der Waals surface area contributed by atoms with Crippen LogP contribution in [0.15, 0.2) is 71.7 Å². The SMILES string of the molecule is CN(C)S(=O)(=O)N(C)C1C[C@H](C(=O)Nc2ccc(Cl)cc2)[C@@H](C(=O)Nc2ccc(-n3ccccc3=O)cc2F)C1. The minimum Gasteiger partial charge on any atom is -0.326 e. The van der Waals surface area contributed by atoms with E-state index in [1.807, 2.05) is 0 Å². The molecule has 10 nitrogen and oxygen atoms in total. The van der Waals surface area contributed by atoms with Crippen molar-refractivity contribution in [1.82, 2.24) is 13.2 Å². The van der Waals surface area contributed by atoms with Crippen molar-refractivity contribution in [2.75, 3.05) is 31.8 Å². The Kier molecular flexibility index (Phi) is 8.74. The van der Waals surface area contributed by atoms with Crippen molar-refractivity contribution in [3.05, 3.63) is 88.1 Å². The fourth-order valence-corrected chi connectivity index (χ4v) is 5.91. The maximum atomic E-state index is 15.0. The van der Waals surface area contributed by atoms with Gasteiger partial charge in [0.05, 0.1) is 23.2 Å². The number of amides is 2. The largest absolute Gasteiger partial charge is 0.326 e. The zero-order chi connectivity index (χ0) is 29.2. The molecule has 0 aliphatic heterocycles. The number of benzene rings is 2. The molecule has 13 heteroatoms. The third kappa shape index (κ3) is 6.25. The summed E-state index contributed by atoms with van der Waals surface area (Å²) < 4.78 is 44.0. The Balaban J connectivity index is 1.58. The van der Waals surface area contributed by atoms with Crippen LogP contribution in [0, 0.1) is 17.7 Å². The topological polar surface area (TPSA) is 121 Å². The van der Waals surface area contributed by atoms with E-state index >= 15 is 4.39 Å². The molecule has 0 bridgehead atoms. The number of anilines is 2. The maximum absolute atomic E-state index is 15.0. The summed E-state index contributed by atoms with van der Waals surface area (Å²) in [6.07, 6.45) is 1.63. The summed E-state index contributed by atoms with van der Waals surface area (Å²) in [6.45, 7) is 0. The van der Waals surface area contributed by atoms with E-state index in [0.717, 1.165) is 14.7 Å². The van der Waals surface area contributed by atoms with Crippen LogP contribution in [0.2, 0.25) is 5.02 Å². The number of halogens is 2. The first-order valence-electron chi connectivity index (χ1n) is 12.4. The van der Waals surface area contributed by atoms with Crippen molar-refractivity contribution in [3.8, 4) is 5.69 Å². The number of rotatable bonds is 8. The highest BCUT2D eigenvalue weighted by atomic mass is 35.5. The molecule has 2 amide bonds. The molecule has 1 saturated carbocycles. The van der Waals surface area contributed by atoms with Crippen molar-refractivity contribution in [3.63, 3.8) is 0 Å². The molecule has 4 rings (SSSR count). The molecule has 0 spiro atoms. The fraction of sp³-hybridized carbons (Fsp3) is 0.296. The third-order valence-electron chi connectivity index (χ3n) is 6.97. The second-order valence-electron chi connectivity index (χ2n) is 9.70. The van der Waals surface area contributed by atoms with Gasteiger partial charge in [0.15, 0.2) is 0 Å². The molecule has 0 radical (unpaired) electrons. The van der Waals surface area contributed by atoms with E-state index in [9.17, 15) is 22.8 Å². The second-order valence-corrected chi connectivity index (χ2v) is 12.3. The lowest BCUT2D eigenvalue weighted by Crippen LogP contribution is -2.43. The zero-order valence-corrected chi connectivity index (χ0v) is 23.6. The molecule has 40 heavy (non-hydrogen) atoms. The highest BCUT2D eigenvalue weighted by Gasteiger charge is 2.46. The first kappa shape index (κ1) is 29.4. The van der Waals surface area contributed by atoms with Crippen LogP contribution in [-0.2, 0) is 19.8 Å². The van der Waals surface area contributed by atoms with Crippen LogP contribution in [0.1, 0.15) is 12.8 Å². The van der Waals surface area contributed by atoms with Crippen LogP contribution < -0.4 is 16.2 Å².